The highest BCUT2D eigenvalue weighted by Gasteiger charge is 2.45. The Morgan fingerprint density at radius 1 is 1.24 bits per heavy atom. The van der Waals surface area contributed by atoms with Crippen LogP contribution in [0.1, 0.15) is 45.4 Å². The van der Waals surface area contributed by atoms with Gasteiger partial charge in [0, 0.05) is 19.6 Å². The summed E-state index contributed by atoms with van der Waals surface area (Å²) in [6.07, 6.45) is 7.85. The molecule has 98 valence electrons. The predicted molar refractivity (Wildman–Crippen MR) is 64.8 cm³/mol. The van der Waals surface area contributed by atoms with Crippen LogP contribution in [-0.2, 0) is 4.79 Å². The van der Waals surface area contributed by atoms with Crippen molar-refractivity contribution in [2.24, 2.45) is 5.41 Å². The fourth-order valence-electron chi connectivity index (χ4n) is 3.31. The van der Waals surface area contributed by atoms with Crippen molar-refractivity contribution < 1.29 is 15.0 Å². The number of hydrogen-bond acceptors (Lipinski definition) is 3. The van der Waals surface area contributed by atoms with Crippen LogP contribution in [0.3, 0.4) is 0 Å². The summed E-state index contributed by atoms with van der Waals surface area (Å²) in [5.41, 5.74) is -1.17. The molecule has 1 aliphatic carbocycles. The number of carbonyl (C=O) groups is 1. The number of β-amino-alcohol motifs (C(OH)–C–C–N with tert-alkyl or cyclic N) is 1. The molecule has 4 nitrogen and oxygen atoms in total. The number of nitrogens with zero attached hydrogens (tertiary/aromatic N) is 1. The van der Waals surface area contributed by atoms with Gasteiger partial charge in [-0.15, -0.1) is 0 Å². The maximum Gasteiger partial charge on any atom is 0.336 e. The van der Waals surface area contributed by atoms with E-state index in [0.29, 0.717) is 5.41 Å². The van der Waals surface area contributed by atoms with E-state index < -0.39 is 11.6 Å². The monoisotopic (exact) mass is 241 g/mol. The molecule has 0 aromatic heterocycles. The molecule has 1 saturated heterocycles. The number of aliphatic carboxylic acids is 1. The van der Waals surface area contributed by atoms with Gasteiger partial charge in [-0.3, -0.25) is 4.90 Å². The molecule has 2 aliphatic rings. The normalized spacial score (nSPS) is 28.1. The van der Waals surface area contributed by atoms with Crippen molar-refractivity contribution in [3.05, 3.63) is 0 Å². The quantitative estimate of drug-likeness (QED) is 0.785. The first-order valence-corrected chi connectivity index (χ1v) is 6.62. The van der Waals surface area contributed by atoms with Gasteiger partial charge in [-0.1, -0.05) is 25.7 Å². The lowest BCUT2D eigenvalue weighted by Gasteiger charge is -2.51. The molecule has 1 aliphatic heterocycles. The Kier molecular flexibility index (Phi) is 3.46. The third-order valence-electron chi connectivity index (χ3n) is 4.27. The summed E-state index contributed by atoms with van der Waals surface area (Å²) in [4.78, 5) is 12.9. The number of aliphatic hydroxyl groups is 1. The molecule has 1 saturated carbocycles. The van der Waals surface area contributed by atoms with Crippen LogP contribution in [0.2, 0.25) is 0 Å². The molecule has 4 heteroatoms. The second kappa shape index (κ2) is 4.58. The van der Waals surface area contributed by atoms with E-state index in [2.05, 4.69) is 4.90 Å². The van der Waals surface area contributed by atoms with Crippen LogP contribution in [0.15, 0.2) is 0 Å². The average Bonchev–Trinajstić information content (AvgIpc) is 2.42. The average molecular weight is 241 g/mol. The van der Waals surface area contributed by atoms with Gasteiger partial charge >= 0.3 is 5.97 Å². The Labute approximate surface area is 103 Å². The minimum atomic E-state index is -1.60. The van der Waals surface area contributed by atoms with Crippen LogP contribution in [0, 0.1) is 5.41 Å². The molecule has 1 heterocycles. The van der Waals surface area contributed by atoms with Crippen molar-refractivity contribution in [1.82, 2.24) is 4.90 Å². The minimum absolute atomic E-state index is 0.254. The molecule has 2 rings (SSSR count). The summed E-state index contributed by atoms with van der Waals surface area (Å²) < 4.78 is 0. The van der Waals surface area contributed by atoms with E-state index >= 15 is 0 Å². The van der Waals surface area contributed by atoms with E-state index in [1.165, 1.54) is 45.4 Å². The van der Waals surface area contributed by atoms with Gasteiger partial charge in [-0.25, -0.2) is 4.79 Å². The largest absolute Gasteiger partial charge is 0.479 e. The van der Waals surface area contributed by atoms with Gasteiger partial charge in [-0.05, 0) is 25.2 Å². The van der Waals surface area contributed by atoms with Crippen LogP contribution in [-0.4, -0.2) is 46.3 Å². The van der Waals surface area contributed by atoms with Crippen LogP contribution < -0.4 is 0 Å². The third-order valence-corrected chi connectivity index (χ3v) is 4.27. The SMILES string of the molecule is CC(O)(CN1CC2(CCCCCC2)C1)C(=O)O. The zero-order valence-electron chi connectivity index (χ0n) is 10.6. The molecule has 0 radical (unpaired) electrons. The van der Waals surface area contributed by atoms with E-state index in [0.717, 1.165) is 13.1 Å². The number of rotatable bonds is 3. The minimum Gasteiger partial charge on any atom is -0.479 e. The zero-order valence-corrected chi connectivity index (χ0v) is 10.6. The van der Waals surface area contributed by atoms with Gasteiger partial charge in [0.15, 0.2) is 5.60 Å². The van der Waals surface area contributed by atoms with Gasteiger partial charge in [-0.2, -0.15) is 0 Å². The Bertz CT molecular complexity index is 285. The molecule has 17 heavy (non-hydrogen) atoms. The summed E-state index contributed by atoms with van der Waals surface area (Å²) in [5.74, 6) is -1.13. The van der Waals surface area contributed by atoms with Crippen molar-refractivity contribution >= 4 is 5.97 Å². The maximum atomic E-state index is 10.8. The Morgan fingerprint density at radius 2 is 1.76 bits per heavy atom. The van der Waals surface area contributed by atoms with E-state index in [4.69, 9.17) is 5.11 Å². The molecule has 1 spiro atoms. The molecule has 0 aromatic carbocycles. The maximum absolute atomic E-state index is 10.8. The smallest absolute Gasteiger partial charge is 0.336 e. The van der Waals surface area contributed by atoms with Crippen molar-refractivity contribution in [1.29, 1.82) is 0 Å². The van der Waals surface area contributed by atoms with E-state index in [-0.39, 0.29) is 6.54 Å². The Morgan fingerprint density at radius 3 is 2.24 bits per heavy atom. The van der Waals surface area contributed by atoms with Gasteiger partial charge in [0.1, 0.15) is 0 Å². The second-order valence-corrected chi connectivity index (χ2v) is 6.14. The van der Waals surface area contributed by atoms with Gasteiger partial charge in [0.25, 0.3) is 0 Å². The first-order valence-electron chi connectivity index (χ1n) is 6.62. The third kappa shape index (κ3) is 2.80. The van der Waals surface area contributed by atoms with E-state index in [1.54, 1.807) is 0 Å². The van der Waals surface area contributed by atoms with Gasteiger partial charge in [0.05, 0.1) is 0 Å². The van der Waals surface area contributed by atoms with Gasteiger partial charge < -0.3 is 10.2 Å². The standard InChI is InChI=1S/C13H23NO3/c1-12(17,11(15)16)8-14-9-13(10-14)6-4-2-3-5-7-13/h17H,2-10H2,1H3,(H,15,16). The summed E-state index contributed by atoms with van der Waals surface area (Å²) in [6, 6.07) is 0. The van der Waals surface area contributed by atoms with E-state index in [1.807, 2.05) is 0 Å². The van der Waals surface area contributed by atoms with Crippen molar-refractivity contribution in [3.63, 3.8) is 0 Å². The molecule has 1 atom stereocenters. The fourth-order valence-corrected chi connectivity index (χ4v) is 3.31. The first kappa shape index (κ1) is 12.8. The van der Waals surface area contributed by atoms with Crippen molar-refractivity contribution in [2.75, 3.05) is 19.6 Å². The summed E-state index contributed by atoms with van der Waals surface area (Å²) in [7, 11) is 0. The molecule has 2 N–H and O–H groups in total. The van der Waals surface area contributed by atoms with Crippen molar-refractivity contribution in [3.8, 4) is 0 Å². The number of carboxylic acid groups (broad SMARTS) is 1. The van der Waals surface area contributed by atoms with Crippen LogP contribution in [0.25, 0.3) is 0 Å². The molecular weight excluding hydrogens is 218 g/mol. The highest BCUT2D eigenvalue weighted by atomic mass is 16.4. The number of carboxylic acids is 1. The molecule has 0 amide bonds. The highest BCUT2D eigenvalue weighted by Crippen LogP contribution is 2.43. The Balaban J connectivity index is 1.83. The first-order chi connectivity index (χ1) is 7.94. The summed E-state index contributed by atoms with van der Waals surface area (Å²) in [5, 5.41) is 18.6. The topological polar surface area (TPSA) is 60.8 Å². The lowest BCUT2D eigenvalue weighted by molar-refractivity contribution is -0.162. The molecule has 0 aromatic rings. The van der Waals surface area contributed by atoms with Crippen LogP contribution >= 0.6 is 0 Å². The second-order valence-electron chi connectivity index (χ2n) is 6.14. The number of likely N-dealkylation sites (tertiary alicyclic amines) is 1. The highest BCUT2D eigenvalue weighted by molar-refractivity contribution is 5.76. The fraction of sp³-hybridized carbons (Fsp3) is 0.923. The van der Waals surface area contributed by atoms with Crippen LogP contribution in [0.5, 0.6) is 0 Å². The lowest BCUT2D eigenvalue weighted by atomic mass is 9.73. The summed E-state index contributed by atoms with van der Waals surface area (Å²) in [6.45, 7) is 3.57. The molecular formula is C13H23NO3. The van der Waals surface area contributed by atoms with Crippen molar-refractivity contribution in [2.45, 2.75) is 51.0 Å². The predicted octanol–water partition coefficient (Wildman–Crippen LogP) is 1.48. The lowest BCUT2D eigenvalue weighted by Crippen LogP contribution is -2.60. The molecule has 1 unspecified atom stereocenters. The number of hydrogen-bond donors (Lipinski definition) is 2. The van der Waals surface area contributed by atoms with Gasteiger partial charge in [0.2, 0.25) is 0 Å². The molecule has 2 fully saturated rings. The summed E-state index contributed by atoms with van der Waals surface area (Å²) >= 11 is 0. The zero-order chi connectivity index (χ0) is 12.5. The van der Waals surface area contributed by atoms with E-state index in [9.17, 15) is 9.90 Å². The molecule has 0 bridgehead atoms. The Hall–Kier alpha value is -0.610. The van der Waals surface area contributed by atoms with Crippen LogP contribution in [0.4, 0.5) is 0 Å².